The van der Waals surface area contributed by atoms with E-state index >= 15 is 0 Å². The Balaban J connectivity index is 3.01. The van der Waals surface area contributed by atoms with Crippen LogP contribution in [0.25, 0.3) is 0 Å². The van der Waals surface area contributed by atoms with Gasteiger partial charge in [-0.3, -0.25) is 4.98 Å². The van der Waals surface area contributed by atoms with Gasteiger partial charge in [0, 0.05) is 12.4 Å². The maximum atomic E-state index is 8.47. The van der Waals surface area contributed by atoms with Crippen LogP contribution >= 0.6 is 0 Å². The fraction of sp³-hybridized carbons (Fsp3) is 0.250. The molecule has 10 heavy (non-hydrogen) atoms. The molecule has 0 aliphatic carbocycles. The van der Waals surface area contributed by atoms with Crippen LogP contribution in [0, 0.1) is 11.3 Å². The summed E-state index contributed by atoms with van der Waals surface area (Å²) in [5.41, 5.74) is 1.75. The predicted molar refractivity (Wildman–Crippen MR) is 38.3 cm³/mol. The highest BCUT2D eigenvalue weighted by Crippen LogP contribution is 2.00. The van der Waals surface area contributed by atoms with Gasteiger partial charge in [-0.05, 0) is 18.1 Å². The average molecular weight is 132 g/mol. The van der Waals surface area contributed by atoms with Gasteiger partial charge in [0.25, 0.3) is 0 Å². The maximum Gasteiger partial charge on any atom is 0.101 e. The first-order valence-electron chi connectivity index (χ1n) is 3.21. The molecular formula is C8H8N2. The van der Waals surface area contributed by atoms with Crippen LogP contribution in [0.15, 0.2) is 18.5 Å². The van der Waals surface area contributed by atoms with E-state index in [4.69, 9.17) is 5.26 Å². The molecule has 0 aliphatic heterocycles. The van der Waals surface area contributed by atoms with E-state index in [0.29, 0.717) is 5.56 Å². The molecule has 1 heterocycles. The Morgan fingerprint density at radius 3 is 3.00 bits per heavy atom. The highest BCUT2D eigenvalue weighted by molar-refractivity contribution is 5.28. The number of nitrogens with zero attached hydrogens (tertiary/aromatic N) is 2. The Hall–Kier alpha value is -1.36. The van der Waals surface area contributed by atoms with E-state index in [1.165, 1.54) is 0 Å². The molecule has 0 aromatic carbocycles. The van der Waals surface area contributed by atoms with Crippen molar-refractivity contribution in [3.63, 3.8) is 0 Å². The average Bonchev–Trinajstić information content (AvgIpc) is 2.05. The van der Waals surface area contributed by atoms with Gasteiger partial charge < -0.3 is 0 Å². The lowest BCUT2D eigenvalue weighted by Gasteiger charge is -1.92. The largest absolute Gasteiger partial charge is 0.263 e. The molecule has 0 spiro atoms. The van der Waals surface area contributed by atoms with E-state index in [1.807, 2.05) is 19.1 Å². The van der Waals surface area contributed by atoms with Crippen LogP contribution < -0.4 is 0 Å². The smallest absolute Gasteiger partial charge is 0.101 e. The van der Waals surface area contributed by atoms with E-state index in [0.717, 1.165) is 12.0 Å². The highest BCUT2D eigenvalue weighted by Gasteiger charge is 1.91. The summed E-state index contributed by atoms with van der Waals surface area (Å²) in [6.07, 6.45) is 4.28. The molecule has 0 radical (unpaired) electrons. The van der Waals surface area contributed by atoms with Crippen molar-refractivity contribution in [2.24, 2.45) is 0 Å². The summed E-state index contributed by atoms with van der Waals surface area (Å²) < 4.78 is 0. The molecule has 1 rings (SSSR count). The SMILES string of the molecule is CCc1cncc(C#N)c1. The number of hydrogen-bond donors (Lipinski definition) is 0. The first-order chi connectivity index (χ1) is 4.86. The van der Waals surface area contributed by atoms with Gasteiger partial charge in [0.15, 0.2) is 0 Å². The van der Waals surface area contributed by atoms with E-state index in [1.54, 1.807) is 12.4 Å². The number of hydrogen-bond acceptors (Lipinski definition) is 2. The predicted octanol–water partition coefficient (Wildman–Crippen LogP) is 1.52. The van der Waals surface area contributed by atoms with Gasteiger partial charge in [-0.1, -0.05) is 6.92 Å². The second kappa shape index (κ2) is 2.98. The van der Waals surface area contributed by atoms with Gasteiger partial charge in [-0.15, -0.1) is 0 Å². The van der Waals surface area contributed by atoms with Gasteiger partial charge in [-0.2, -0.15) is 5.26 Å². The number of rotatable bonds is 1. The Morgan fingerprint density at radius 2 is 2.40 bits per heavy atom. The van der Waals surface area contributed by atoms with Crippen LogP contribution in [0.2, 0.25) is 0 Å². The summed E-state index contributed by atoms with van der Waals surface area (Å²) in [5, 5.41) is 8.47. The van der Waals surface area contributed by atoms with E-state index in [9.17, 15) is 0 Å². The molecule has 0 amide bonds. The zero-order chi connectivity index (χ0) is 7.40. The van der Waals surface area contributed by atoms with Gasteiger partial charge in [0.05, 0.1) is 5.56 Å². The second-order valence-electron chi connectivity index (χ2n) is 2.05. The summed E-state index contributed by atoms with van der Waals surface area (Å²) in [6, 6.07) is 3.89. The second-order valence-corrected chi connectivity index (χ2v) is 2.05. The van der Waals surface area contributed by atoms with Gasteiger partial charge >= 0.3 is 0 Å². The third-order valence-electron chi connectivity index (χ3n) is 1.33. The summed E-state index contributed by atoms with van der Waals surface area (Å²) in [5.74, 6) is 0. The first kappa shape index (κ1) is 6.76. The Bertz CT molecular complexity index is 260. The summed E-state index contributed by atoms with van der Waals surface area (Å²) in [7, 11) is 0. The van der Waals surface area contributed by atoms with E-state index in [-0.39, 0.29) is 0 Å². The Labute approximate surface area is 60.1 Å². The Morgan fingerprint density at radius 1 is 1.60 bits per heavy atom. The van der Waals surface area contributed by atoms with Gasteiger partial charge in [0.1, 0.15) is 6.07 Å². The third kappa shape index (κ3) is 1.32. The molecule has 0 atom stereocenters. The molecule has 0 saturated heterocycles. The molecule has 0 N–H and O–H groups in total. The van der Waals surface area contributed by atoms with E-state index < -0.39 is 0 Å². The molecule has 2 nitrogen and oxygen atoms in total. The van der Waals surface area contributed by atoms with Crippen LogP contribution in [0.5, 0.6) is 0 Å². The van der Waals surface area contributed by atoms with Crippen molar-refractivity contribution in [3.05, 3.63) is 29.6 Å². The molecule has 0 saturated carbocycles. The van der Waals surface area contributed by atoms with Crippen LogP contribution in [0.3, 0.4) is 0 Å². The van der Waals surface area contributed by atoms with Crippen molar-refractivity contribution in [1.82, 2.24) is 4.98 Å². The van der Waals surface area contributed by atoms with Gasteiger partial charge in [0.2, 0.25) is 0 Å². The minimum atomic E-state index is 0.638. The molecule has 0 bridgehead atoms. The number of pyridine rings is 1. The summed E-state index contributed by atoms with van der Waals surface area (Å²) >= 11 is 0. The van der Waals surface area contributed by atoms with Crippen molar-refractivity contribution >= 4 is 0 Å². The zero-order valence-corrected chi connectivity index (χ0v) is 5.83. The van der Waals surface area contributed by atoms with Crippen LogP contribution in [-0.4, -0.2) is 4.98 Å². The minimum Gasteiger partial charge on any atom is -0.263 e. The number of nitriles is 1. The topological polar surface area (TPSA) is 36.7 Å². The fourth-order valence-electron chi connectivity index (χ4n) is 0.742. The lowest BCUT2D eigenvalue weighted by molar-refractivity contribution is 1.10. The molecule has 0 aliphatic rings. The molecule has 0 unspecified atom stereocenters. The standard InChI is InChI=1S/C8H8N2/c1-2-7-3-8(4-9)6-10-5-7/h3,5-6H,2H2,1H3. The van der Waals surface area contributed by atoms with E-state index in [2.05, 4.69) is 4.98 Å². The Kier molecular flexibility index (Phi) is 2.01. The molecule has 1 aromatic heterocycles. The van der Waals surface area contributed by atoms with Crippen LogP contribution in [-0.2, 0) is 6.42 Å². The van der Waals surface area contributed by atoms with Crippen LogP contribution in [0.1, 0.15) is 18.1 Å². The van der Waals surface area contributed by atoms with Gasteiger partial charge in [-0.25, -0.2) is 0 Å². The van der Waals surface area contributed by atoms with Crippen molar-refractivity contribution in [2.45, 2.75) is 13.3 Å². The molecule has 1 aromatic rings. The fourth-order valence-corrected chi connectivity index (χ4v) is 0.742. The highest BCUT2D eigenvalue weighted by atomic mass is 14.6. The molecule has 2 heteroatoms. The molecule has 0 fully saturated rings. The lowest BCUT2D eigenvalue weighted by Crippen LogP contribution is -1.83. The maximum absolute atomic E-state index is 8.47. The van der Waals surface area contributed by atoms with Crippen molar-refractivity contribution in [2.75, 3.05) is 0 Å². The molecule has 50 valence electrons. The zero-order valence-electron chi connectivity index (χ0n) is 5.83. The summed E-state index contributed by atoms with van der Waals surface area (Å²) in [4.78, 5) is 3.90. The monoisotopic (exact) mass is 132 g/mol. The lowest BCUT2D eigenvalue weighted by atomic mass is 10.2. The summed E-state index contributed by atoms with van der Waals surface area (Å²) in [6.45, 7) is 2.04. The minimum absolute atomic E-state index is 0.638. The number of aromatic nitrogens is 1. The quantitative estimate of drug-likeness (QED) is 0.580. The van der Waals surface area contributed by atoms with Crippen LogP contribution in [0.4, 0.5) is 0 Å². The van der Waals surface area contributed by atoms with Crippen molar-refractivity contribution in [1.29, 1.82) is 5.26 Å². The first-order valence-corrected chi connectivity index (χ1v) is 3.21. The number of aryl methyl sites for hydroxylation is 1. The molecular weight excluding hydrogens is 124 g/mol. The third-order valence-corrected chi connectivity index (χ3v) is 1.33. The van der Waals surface area contributed by atoms with Crippen molar-refractivity contribution in [3.8, 4) is 6.07 Å². The normalized spacial score (nSPS) is 8.80. The van der Waals surface area contributed by atoms with Crippen molar-refractivity contribution < 1.29 is 0 Å².